The van der Waals surface area contributed by atoms with E-state index in [1.54, 1.807) is 0 Å². The van der Waals surface area contributed by atoms with E-state index in [0.29, 0.717) is 6.54 Å². The first-order valence-corrected chi connectivity index (χ1v) is 6.34. The zero-order valence-electron chi connectivity index (χ0n) is 7.35. The van der Waals surface area contributed by atoms with Gasteiger partial charge in [-0.3, -0.25) is 0 Å². The van der Waals surface area contributed by atoms with E-state index >= 15 is 0 Å². The molecule has 0 aliphatic rings. The van der Waals surface area contributed by atoms with E-state index in [1.165, 1.54) is 0 Å². The van der Waals surface area contributed by atoms with Gasteiger partial charge >= 0.3 is 0 Å². The first-order valence-electron chi connectivity index (χ1n) is 4.15. The Morgan fingerprint density at radius 2 is 2.00 bits per heavy atom. The smallest absolute Gasteiger partial charge is 0.212 e. The molecule has 12 heavy (non-hydrogen) atoms. The normalized spacial score (nSPS) is 11.8. The van der Waals surface area contributed by atoms with Gasteiger partial charge in [0.05, 0.1) is 5.75 Å². The molecule has 0 aromatic heterocycles. The third-order valence-electron chi connectivity index (χ3n) is 1.45. The van der Waals surface area contributed by atoms with Gasteiger partial charge in [0.15, 0.2) is 0 Å². The molecule has 0 aliphatic carbocycles. The van der Waals surface area contributed by atoms with Crippen molar-refractivity contribution in [3.63, 3.8) is 0 Å². The Hall–Kier alpha value is 0.200. The molecule has 0 unspecified atom stereocenters. The van der Waals surface area contributed by atoms with Gasteiger partial charge in [0.2, 0.25) is 10.0 Å². The van der Waals surface area contributed by atoms with Crippen LogP contribution in [0.25, 0.3) is 0 Å². The molecule has 0 radical (unpaired) electrons. The van der Waals surface area contributed by atoms with E-state index < -0.39 is 10.0 Å². The topological polar surface area (TPSA) is 46.2 Å². The summed E-state index contributed by atoms with van der Waals surface area (Å²) in [6, 6.07) is 0. The second-order valence-electron chi connectivity index (χ2n) is 2.61. The molecule has 74 valence electrons. The van der Waals surface area contributed by atoms with Crippen LogP contribution in [0.1, 0.15) is 26.2 Å². The van der Waals surface area contributed by atoms with Gasteiger partial charge in [-0.05, 0) is 6.42 Å². The Balaban J connectivity index is 3.48. The van der Waals surface area contributed by atoms with Gasteiger partial charge in [0, 0.05) is 12.4 Å². The van der Waals surface area contributed by atoms with Crippen LogP contribution in [0.15, 0.2) is 0 Å². The van der Waals surface area contributed by atoms with Crippen LogP contribution in [0.2, 0.25) is 0 Å². The molecule has 5 heteroatoms. The molecule has 3 nitrogen and oxygen atoms in total. The number of hydrogen-bond acceptors (Lipinski definition) is 2. The van der Waals surface area contributed by atoms with Gasteiger partial charge < -0.3 is 0 Å². The summed E-state index contributed by atoms with van der Waals surface area (Å²) in [6.45, 7) is 2.61. The van der Waals surface area contributed by atoms with Crippen molar-refractivity contribution in [1.29, 1.82) is 0 Å². The molecule has 0 aromatic carbocycles. The lowest BCUT2D eigenvalue weighted by Gasteiger charge is -2.03. The van der Waals surface area contributed by atoms with E-state index in [9.17, 15) is 8.42 Å². The minimum atomic E-state index is -3.09. The van der Waals surface area contributed by atoms with Crippen LogP contribution in [0.3, 0.4) is 0 Å². The molecule has 0 saturated carbocycles. The molecular weight excluding hydrogens is 198 g/mol. The fourth-order valence-corrected chi connectivity index (χ4v) is 2.19. The van der Waals surface area contributed by atoms with E-state index in [0.717, 1.165) is 19.3 Å². The van der Waals surface area contributed by atoms with Crippen molar-refractivity contribution in [2.75, 3.05) is 18.2 Å². The van der Waals surface area contributed by atoms with E-state index in [4.69, 9.17) is 11.6 Å². The third kappa shape index (κ3) is 6.88. The summed E-state index contributed by atoms with van der Waals surface area (Å²) in [4.78, 5) is 0. The fourth-order valence-electron chi connectivity index (χ4n) is 0.776. The molecular formula is C7H16ClNO2S. The number of hydrogen-bond donors (Lipinski definition) is 1. The number of unbranched alkanes of at least 4 members (excludes halogenated alkanes) is 2. The average molecular weight is 214 g/mol. The van der Waals surface area contributed by atoms with Gasteiger partial charge in [-0.25, -0.2) is 13.1 Å². The Kier molecular flexibility index (Phi) is 6.80. The first kappa shape index (κ1) is 12.2. The summed E-state index contributed by atoms with van der Waals surface area (Å²) in [5.41, 5.74) is 0. The lowest BCUT2D eigenvalue weighted by atomic mass is 10.3. The van der Waals surface area contributed by atoms with Crippen LogP contribution < -0.4 is 4.72 Å². The Morgan fingerprint density at radius 1 is 1.33 bits per heavy atom. The summed E-state index contributed by atoms with van der Waals surface area (Å²) in [7, 11) is -3.09. The second kappa shape index (κ2) is 6.69. The Morgan fingerprint density at radius 3 is 2.50 bits per heavy atom. The summed E-state index contributed by atoms with van der Waals surface area (Å²) in [6.07, 6.45) is 3.05. The predicted octanol–water partition coefficient (Wildman–Crippen LogP) is 1.33. The van der Waals surface area contributed by atoms with Gasteiger partial charge in [-0.1, -0.05) is 19.8 Å². The van der Waals surface area contributed by atoms with Crippen LogP contribution >= 0.6 is 11.6 Å². The highest BCUT2D eigenvalue weighted by Crippen LogP contribution is 1.93. The summed E-state index contributed by atoms with van der Waals surface area (Å²) >= 11 is 5.31. The zero-order chi connectivity index (χ0) is 9.45. The minimum Gasteiger partial charge on any atom is -0.215 e. The maximum Gasteiger partial charge on any atom is 0.212 e. The van der Waals surface area contributed by atoms with Gasteiger partial charge in [-0.2, -0.15) is 0 Å². The zero-order valence-corrected chi connectivity index (χ0v) is 8.92. The highest BCUT2D eigenvalue weighted by atomic mass is 35.5. The van der Waals surface area contributed by atoms with Gasteiger partial charge in [-0.15, -0.1) is 11.6 Å². The number of nitrogens with one attached hydrogen (secondary N) is 1. The van der Waals surface area contributed by atoms with Gasteiger partial charge in [0.25, 0.3) is 0 Å². The Labute approximate surface area is 79.5 Å². The lowest BCUT2D eigenvalue weighted by Crippen LogP contribution is -2.27. The maximum absolute atomic E-state index is 11.0. The summed E-state index contributed by atoms with van der Waals surface area (Å²) < 4.78 is 24.5. The fraction of sp³-hybridized carbons (Fsp3) is 1.00. The van der Waals surface area contributed by atoms with Crippen LogP contribution in [0.5, 0.6) is 0 Å². The third-order valence-corrected chi connectivity index (χ3v) is 3.25. The maximum atomic E-state index is 11.0. The van der Waals surface area contributed by atoms with E-state index in [-0.39, 0.29) is 11.6 Å². The molecule has 0 rings (SSSR count). The van der Waals surface area contributed by atoms with Gasteiger partial charge in [0.1, 0.15) is 0 Å². The molecule has 0 fully saturated rings. The molecule has 0 amide bonds. The minimum absolute atomic E-state index is 0.0146. The molecule has 1 N–H and O–H groups in total. The van der Waals surface area contributed by atoms with Crippen LogP contribution in [-0.4, -0.2) is 26.6 Å². The van der Waals surface area contributed by atoms with Crippen molar-refractivity contribution < 1.29 is 8.42 Å². The molecule has 0 aliphatic heterocycles. The predicted molar refractivity (Wildman–Crippen MR) is 52.0 cm³/mol. The van der Waals surface area contributed by atoms with Crippen LogP contribution in [0, 0.1) is 0 Å². The van der Waals surface area contributed by atoms with Crippen LogP contribution in [0.4, 0.5) is 0 Å². The lowest BCUT2D eigenvalue weighted by molar-refractivity contribution is 0.577. The molecule has 0 atom stereocenters. The van der Waals surface area contributed by atoms with Crippen molar-refractivity contribution >= 4 is 21.6 Å². The van der Waals surface area contributed by atoms with Crippen LogP contribution in [-0.2, 0) is 10.0 Å². The number of rotatable bonds is 7. The molecule has 0 spiro atoms. The average Bonchev–Trinajstić information content (AvgIpc) is 1.98. The van der Waals surface area contributed by atoms with Crippen molar-refractivity contribution in [2.24, 2.45) is 0 Å². The summed E-state index contributed by atoms with van der Waals surface area (Å²) in [5.74, 6) is 0.170. The van der Waals surface area contributed by atoms with E-state index in [1.807, 2.05) is 0 Å². The number of halogens is 1. The van der Waals surface area contributed by atoms with E-state index in [2.05, 4.69) is 11.6 Å². The SMILES string of the molecule is CCCCCNS(=O)(=O)CCCl. The second-order valence-corrected chi connectivity index (χ2v) is 4.91. The Bertz CT molecular complexity index is 192. The number of sulfonamides is 1. The molecule has 0 bridgehead atoms. The monoisotopic (exact) mass is 213 g/mol. The quantitative estimate of drug-likeness (QED) is 0.513. The first-order chi connectivity index (χ1) is 5.62. The highest BCUT2D eigenvalue weighted by Gasteiger charge is 2.06. The van der Waals surface area contributed by atoms with Crippen molar-refractivity contribution in [2.45, 2.75) is 26.2 Å². The number of alkyl halides is 1. The van der Waals surface area contributed by atoms with Crippen molar-refractivity contribution in [1.82, 2.24) is 4.72 Å². The standard InChI is InChI=1S/C7H16ClNO2S/c1-2-3-4-6-9-12(10,11)7-5-8/h9H,2-7H2,1H3. The largest absolute Gasteiger partial charge is 0.215 e. The summed E-state index contributed by atoms with van der Waals surface area (Å²) in [5, 5.41) is 0. The van der Waals surface area contributed by atoms with Crippen molar-refractivity contribution in [3.8, 4) is 0 Å². The molecule has 0 aromatic rings. The molecule has 0 saturated heterocycles. The molecule has 0 heterocycles. The van der Waals surface area contributed by atoms with Crippen molar-refractivity contribution in [3.05, 3.63) is 0 Å². The highest BCUT2D eigenvalue weighted by molar-refractivity contribution is 7.89.